The van der Waals surface area contributed by atoms with Crippen LogP contribution in [0.15, 0.2) is 92.8 Å². The van der Waals surface area contributed by atoms with Gasteiger partial charge in [-0.2, -0.15) is 5.10 Å². The van der Waals surface area contributed by atoms with Crippen LogP contribution in [0.5, 0.6) is 0 Å². The van der Waals surface area contributed by atoms with Crippen LogP contribution in [0.4, 0.5) is 0 Å². The highest BCUT2D eigenvalue weighted by atomic mass is 35.5. The van der Waals surface area contributed by atoms with Crippen molar-refractivity contribution in [3.8, 4) is 11.3 Å². The summed E-state index contributed by atoms with van der Waals surface area (Å²) in [4.78, 5) is 12.4. The predicted molar refractivity (Wildman–Crippen MR) is 118 cm³/mol. The first kappa shape index (κ1) is 18.2. The van der Waals surface area contributed by atoms with Crippen molar-refractivity contribution in [1.29, 1.82) is 0 Å². The molecule has 5 aromatic rings. The first-order valence-electron chi connectivity index (χ1n) is 9.28. The summed E-state index contributed by atoms with van der Waals surface area (Å²) in [5.41, 5.74) is 3.98. The second-order valence-electron chi connectivity index (χ2n) is 6.72. The number of benzene rings is 3. The molecule has 0 saturated heterocycles. The minimum Gasteiger partial charge on any atom is -0.455 e. The molecule has 0 spiro atoms. The van der Waals surface area contributed by atoms with E-state index in [1.54, 1.807) is 18.2 Å². The zero-order chi connectivity index (χ0) is 20.5. The van der Waals surface area contributed by atoms with Crippen molar-refractivity contribution in [2.45, 2.75) is 0 Å². The summed E-state index contributed by atoms with van der Waals surface area (Å²) in [7, 11) is 0. The third-order valence-electron chi connectivity index (χ3n) is 4.74. The van der Waals surface area contributed by atoms with E-state index in [1.807, 2.05) is 60.7 Å². The number of nitrogens with one attached hydrogen (secondary N) is 1. The minimum absolute atomic E-state index is 0.192. The molecule has 0 unspecified atom stereocenters. The maximum atomic E-state index is 12.4. The van der Waals surface area contributed by atoms with Crippen LogP contribution in [-0.2, 0) is 0 Å². The predicted octanol–water partition coefficient (Wildman–Crippen LogP) is 6.26. The number of amides is 1. The van der Waals surface area contributed by atoms with Crippen LogP contribution in [0.1, 0.15) is 16.3 Å². The lowest BCUT2D eigenvalue weighted by Crippen LogP contribution is -2.16. The lowest BCUT2D eigenvalue weighted by atomic mass is 10.1. The Morgan fingerprint density at radius 2 is 1.80 bits per heavy atom. The summed E-state index contributed by atoms with van der Waals surface area (Å²) in [5.74, 6) is 0.918. The third kappa shape index (κ3) is 3.47. The molecule has 5 nitrogen and oxygen atoms in total. The van der Waals surface area contributed by atoms with E-state index in [0.717, 1.165) is 21.7 Å². The van der Waals surface area contributed by atoms with Gasteiger partial charge in [-0.05, 0) is 47.2 Å². The number of halogens is 1. The molecule has 1 amide bonds. The van der Waals surface area contributed by atoms with Crippen LogP contribution in [0.25, 0.3) is 33.1 Å². The molecule has 0 bridgehead atoms. The molecule has 30 heavy (non-hydrogen) atoms. The van der Waals surface area contributed by atoms with E-state index in [1.165, 1.54) is 6.21 Å². The molecule has 0 atom stereocenters. The Labute approximate surface area is 176 Å². The van der Waals surface area contributed by atoms with Crippen molar-refractivity contribution in [3.05, 3.63) is 95.4 Å². The summed E-state index contributed by atoms with van der Waals surface area (Å²) in [5, 5.41) is 7.61. The third-order valence-corrected chi connectivity index (χ3v) is 4.98. The van der Waals surface area contributed by atoms with Crippen molar-refractivity contribution in [2.24, 2.45) is 5.10 Å². The van der Waals surface area contributed by atoms with Gasteiger partial charge in [-0.25, -0.2) is 5.43 Å². The number of furan rings is 2. The highest BCUT2D eigenvalue weighted by Gasteiger charge is 2.13. The normalized spacial score (nSPS) is 11.5. The molecule has 5 rings (SSSR count). The Hall–Kier alpha value is -3.83. The molecule has 2 heterocycles. The van der Waals surface area contributed by atoms with E-state index in [0.29, 0.717) is 22.1 Å². The Balaban J connectivity index is 1.32. The van der Waals surface area contributed by atoms with Crippen LogP contribution in [0.3, 0.4) is 0 Å². The fraction of sp³-hybridized carbons (Fsp3) is 0. The molecule has 3 aromatic carbocycles. The molecule has 146 valence electrons. The van der Waals surface area contributed by atoms with Crippen LogP contribution in [0, 0.1) is 0 Å². The molecule has 6 heteroatoms. The fourth-order valence-corrected chi connectivity index (χ4v) is 3.52. The summed E-state index contributed by atoms with van der Waals surface area (Å²) in [6.45, 7) is 0. The van der Waals surface area contributed by atoms with Crippen molar-refractivity contribution in [2.75, 3.05) is 0 Å². The first-order valence-corrected chi connectivity index (χ1v) is 9.66. The number of hydrogen-bond donors (Lipinski definition) is 1. The van der Waals surface area contributed by atoms with Gasteiger partial charge in [0.05, 0.1) is 6.21 Å². The smallest absolute Gasteiger partial charge is 0.307 e. The maximum Gasteiger partial charge on any atom is 0.307 e. The number of nitrogens with zero attached hydrogens (tertiary/aromatic N) is 1. The van der Waals surface area contributed by atoms with Crippen molar-refractivity contribution < 1.29 is 13.6 Å². The van der Waals surface area contributed by atoms with Crippen LogP contribution >= 0.6 is 11.6 Å². The highest BCUT2D eigenvalue weighted by molar-refractivity contribution is 6.30. The number of fused-ring (bicyclic) bond motifs is 3. The van der Waals surface area contributed by atoms with Gasteiger partial charge in [0.25, 0.3) is 0 Å². The topological polar surface area (TPSA) is 67.7 Å². The van der Waals surface area contributed by atoms with Crippen molar-refractivity contribution in [3.63, 3.8) is 0 Å². The quantitative estimate of drug-likeness (QED) is 0.278. The highest BCUT2D eigenvalue weighted by Crippen LogP contribution is 2.28. The second-order valence-corrected chi connectivity index (χ2v) is 7.16. The van der Waals surface area contributed by atoms with E-state index in [9.17, 15) is 4.79 Å². The number of carbonyl (C=O) groups excluding carboxylic acids is 1. The Bertz CT molecular complexity index is 1410. The van der Waals surface area contributed by atoms with Crippen LogP contribution in [-0.4, -0.2) is 12.1 Å². The average Bonchev–Trinajstić information content (AvgIpc) is 3.41. The monoisotopic (exact) mass is 414 g/mol. The molecular formula is C24H15ClN2O3. The van der Waals surface area contributed by atoms with Gasteiger partial charge >= 0.3 is 5.91 Å². The summed E-state index contributed by atoms with van der Waals surface area (Å²) < 4.78 is 11.4. The molecule has 0 aliphatic heterocycles. The van der Waals surface area contributed by atoms with Gasteiger partial charge in [0.15, 0.2) is 5.76 Å². The molecule has 2 aromatic heterocycles. The van der Waals surface area contributed by atoms with Gasteiger partial charge < -0.3 is 8.83 Å². The standard InChI is InChI=1S/C24H15ClN2O3/c25-17-6-3-5-16(12-17)21-11-9-18(29-21)14-26-27-24(28)23-13-20-19-7-2-1-4-15(19)8-10-22(20)30-23/h1-14H,(H,27,28)/b26-14-. The zero-order valence-electron chi connectivity index (χ0n) is 15.6. The lowest BCUT2D eigenvalue weighted by molar-refractivity contribution is 0.0929. The molecule has 1 N–H and O–H groups in total. The van der Waals surface area contributed by atoms with E-state index in [4.69, 9.17) is 20.4 Å². The maximum absolute atomic E-state index is 12.4. The number of carbonyl (C=O) groups is 1. The number of hydrazone groups is 1. The van der Waals surface area contributed by atoms with Gasteiger partial charge in [-0.15, -0.1) is 0 Å². The average molecular weight is 415 g/mol. The SMILES string of the molecule is O=C(N/N=C\c1ccc(-c2cccc(Cl)c2)o1)c1cc2c(ccc3ccccc32)o1. The summed E-state index contributed by atoms with van der Waals surface area (Å²) in [6.07, 6.45) is 1.43. The van der Waals surface area contributed by atoms with Gasteiger partial charge in [0.1, 0.15) is 17.1 Å². The fourth-order valence-electron chi connectivity index (χ4n) is 3.33. The summed E-state index contributed by atoms with van der Waals surface area (Å²) in [6, 6.07) is 24.5. The molecule has 0 aliphatic carbocycles. The van der Waals surface area contributed by atoms with E-state index < -0.39 is 5.91 Å². The Morgan fingerprint density at radius 3 is 2.70 bits per heavy atom. The van der Waals surface area contributed by atoms with Gasteiger partial charge in [-0.3, -0.25) is 4.79 Å². The van der Waals surface area contributed by atoms with Crippen LogP contribution in [0.2, 0.25) is 5.02 Å². The van der Waals surface area contributed by atoms with Crippen molar-refractivity contribution >= 4 is 45.5 Å². The van der Waals surface area contributed by atoms with Gasteiger partial charge in [0.2, 0.25) is 0 Å². The number of rotatable bonds is 4. The minimum atomic E-state index is -0.437. The second kappa shape index (κ2) is 7.54. The lowest BCUT2D eigenvalue weighted by Gasteiger charge is -1.97. The van der Waals surface area contributed by atoms with E-state index in [-0.39, 0.29) is 5.76 Å². The molecule has 0 saturated carbocycles. The largest absolute Gasteiger partial charge is 0.455 e. The van der Waals surface area contributed by atoms with E-state index >= 15 is 0 Å². The van der Waals surface area contributed by atoms with Gasteiger partial charge in [-0.1, -0.05) is 54.1 Å². The molecule has 0 radical (unpaired) electrons. The Kier molecular flexibility index (Phi) is 4.58. The van der Waals surface area contributed by atoms with Crippen LogP contribution < -0.4 is 5.43 Å². The number of hydrogen-bond acceptors (Lipinski definition) is 4. The van der Waals surface area contributed by atoms with Crippen molar-refractivity contribution in [1.82, 2.24) is 5.43 Å². The first-order chi connectivity index (χ1) is 14.7. The van der Waals surface area contributed by atoms with E-state index in [2.05, 4.69) is 10.5 Å². The van der Waals surface area contributed by atoms with Gasteiger partial charge in [0, 0.05) is 16.0 Å². The zero-order valence-corrected chi connectivity index (χ0v) is 16.4. The molecular weight excluding hydrogens is 400 g/mol. The summed E-state index contributed by atoms with van der Waals surface area (Å²) >= 11 is 6.02. The Morgan fingerprint density at radius 1 is 0.900 bits per heavy atom. The molecule has 0 fully saturated rings. The molecule has 0 aliphatic rings.